The molecular formula is C4H9O2Si2. The number of hydrogen-bond acceptors (Lipinski definition) is 2. The van der Waals surface area contributed by atoms with E-state index in [2.05, 4.69) is 0 Å². The van der Waals surface area contributed by atoms with Gasteiger partial charge in [0.05, 0.1) is 0 Å². The molecular weight excluding hydrogens is 136 g/mol. The van der Waals surface area contributed by atoms with Crippen LogP contribution < -0.4 is 0 Å². The second kappa shape index (κ2) is 7.35. The van der Waals surface area contributed by atoms with Crippen molar-refractivity contribution in [2.24, 2.45) is 0 Å². The van der Waals surface area contributed by atoms with E-state index in [1.807, 2.05) is 10.5 Å². The van der Waals surface area contributed by atoms with Gasteiger partial charge >= 0.3 is 0 Å². The summed E-state index contributed by atoms with van der Waals surface area (Å²) in [5.74, 6) is 0. The van der Waals surface area contributed by atoms with Crippen molar-refractivity contribution in [3.05, 3.63) is 0 Å². The van der Waals surface area contributed by atoms with Gasteiger partial charge in [0.25, 0.3) is 0 Å². The van der Waals surface area contributed by atoms with Crippen molar-refractivity contribution in [1.82, 2.24) is 0 Å². The van der Waals surface area contributed by atoms with Gasteiger partial charge < -0.3 is 9.22 Å². The van der Waals surface area contributed by atoms with E-state index >= 15 is 0 Å². The maximum atomic E-state index is 6.81. The lowest BCUT2D eigenvalue weighted by molar-refractivity contribution is 0.304. The fourth-order valence-electron chi connectivity index (χ4n) is 0.516. The Hall–Kier alpha value is 0.354. The summed E-state index contributed by atoms with van der Waals surface area (Å²) >= 11 is 0. The van der Waals surface area contributed by atoms with Gasteiger partial charge in [-0.15, -0.1) is 0 Å². The Morgan fingerprint density at radius 1 is 1.38 bits per heavy atom. The molecule has 1 fully saturated rings. The van der Waals surface area contributed by atoms with E-state index < -0.39 is 0 Å². The molecule has 1 aliphatic heterocycles. The van der Waals surface area contributed by atoms with Crippen molar-refractivity contribution in [1.29, 1.82) is 0 Å². The molecule has 0 bridgehead atoms. The average Bonchev–Trinajstić information content (AvgIpc) is 1.96. The van der Waals surface area contributed by atoms with Crippen LogP contribution in [-0.2, 0) is 4.43 Å². The highest BCUT2D eigenvalue weighted by Gasteiger charge is 1.97. The van der Waals surface area contributed by atoms with Crippen molar-refractivity contribution >= 4 is 20.2 Å². The number of hydrogen-bond donors (Lipinski definition) is 1. The Labute approximate surface area is 55.7 Å². The van der Waals surface area contributed by atoms with E-state index in [4.69, 9.17) is 9.22 Å². The molecule has 1 aliphatic rings. The van der Waals surface area contributed by atoms with Crippen LogP contribution in [0.5, 0.6) is 0 Å². The molecule has 5 radical (unpaired) electrons. The third kappa shape index (κ3) is 4.51. The van der Waals surface area contributed by atoms with E-state index in [9.17, 15) is 0 Å². The predicted molar refractivity (Wildman–Crippen MR) is 33.7 cm³/mol. The minimum atomic E-state index is 0.802. The van der Waals surface area contributed by atoms with Crippen LogP contribution in [0.1, 0.15) is 12.8 Å². The first kappa shape index (κ1) is 8.35. The zero-order chi connectivity index (χ0) is 6.24. The second-order valence-electron chi connectivity index (χ2n) is 1.45. The van der Waals surface area contributed by atoms with Gasteiger partial charge in [0.2, 0.25) is 20.2 Å². The van der Waals surface area contributed by atoms with E-state index in [0.717, 1.165) is 16.4 Å². The summed E-state index contributed by atoms with van der Waals surface area (Å²) in [4.78, 5) is 6.81. The quantitative estimate of drug-likeness (QED) is 0.482. The summed E-state index contributed by atoms with van der Waals surface area (Å²) in [5, 5.41) is 0. The first-order valence-electron chi connectivity index (χ1n) is 2.57. The van der Waals surface area contributed by atoms with Gasteiger partial charge in [-0.05, 0) is 12.5 Å². The average molecular weight is 145 g/mol. The predicted octanol–water partition coefficient (Wildman–Crippen LogP) is -0.104. The van der Waals surface area contributed by atoms with Crippen LogP contribution in [0.4, 0.5) is 0 Å². The molecule has 4 heteroatoms. The Morgan fingerprint density at radius 2 is 2.12 bits per heavy atom. The van der Waals surface area contributed by atoms with Gasteiger partial charge in [0, 0.05) is 6.61 Å². The third-order valence-electron chi connectivity index (χ3n) is 0.877. The minimum absolute atomic E-state index is 0.802. The molecule has 1 heterocycles. The molecule has 0 atom stereocenters. The van der Waals surface area contributed by atoms with Gasteiger partial charge in [-0.1, -0.05) is 6.42 Å². The highest BCUT2D eigenvalue weighted by molar-refractivity contribution is 6.27. The molecule has 1 rings (SSSR count). The SMILES string of the molecule is C1CC[Si]OC1.O[Si]. The molecule has 2 nitrogen and oxygen atoms in total. The smallest absolute Gasteiger partial charge is 0.240 e. The molecule has 0 aromatic rings. The lowest BCUT2D eigenvalue weighted by atomic mass is 10.4. The molecule has 0 aromatic carbocycles. The minimum Gasteiger partial charge on any atom is -0.433 e. The molecule has 45 valence electrons. The summed E-state index contributed by atoms with van der Waals surface area (Å²) in [6.45, 7) is 1.01. The molecule has 8 heavy (non-hydrogen) atoms. The van der Waals surface area contributed by atoms with Crippen LogP contribution >= 0.6 is 0 Å². The van der Waals surface area contributed by atoms with Crippen molar-refractivity contribution in [3.63, 3.8) is 0 Å². The van der Waals surface area contributed by atoms with Gasteiger partial charge in [-0.25, -0.2) is 0 Å². The summed E-state index contributed by atoms with van der Waals surface area (Å²) < 4.78 is 5.10. The standard InChI is InChI=1S/C4H8OSi.HOSi/c1-2-4-6-5-3-1;1-2/h1-4H2;1H. The van der Waals surface area contributed by atoms with Crippen LogP contribution in [0.25, 0.3) is 0 Å². The molecule has 0 saturated carbocycles. The van der Waals surface area contributed by atoms with Gasteiger partial charge in [0.1, 0.15) is 0 Å². The van der Waals surface area contributed by atoms with Crippen LogP contribution in [0.2, 0.25) is 6.04 Å². The molecule has 0 unspecified atom stereocenters. The van der Waals surface area contributed by atoms with E-state index in [1.165, 1.54) is 18.9 Å². The topological polar surface area (TPSA) is 29.5 Å². The van der Waals surface area contributed by atoms with Crippen molar-refractivity contribution in [2.45, 2.75) is 18.9 Å². The zero-order valence-electron chi connectivity index (χ0n) is 4.68. The Morgan fingerprint density at radius 3 is 2.25 bits per heavy atom. The summed E-state index contributed by atoms with van der Waals surface area (Å²) in [5.41, 5.74) is 0. The maximum absolute atomic E-state index is 6.81. The zero-order valence-corrected chi connectivity index (χ0v) is 6.68. The Bertz CT molecular complexity index is 27.5. The van der Waals surface area contributed by atoms with Gasteiger partial charge in [-0.3, -0.25) is 0 Å². The summed E-state index contributed by atoms with van der Waals surface area (Å²) in [6, 6.07) is 1.31. The largest absolute Gasteiger partial charge is 0.433 e. The highest BCUT2D eigenvalue weighted by atomic mass is 28.2. The first-order chi connectivity index (χ1) is 4.00. The van der Waals surface area contributed by atoms with Crippen LogP contribution in [0.3, 0.4) is 0 Å². The van der Waals surface area contributed by atoms with Crippen LogP contribution in [0.15, 0.2) is 0 Å². The highest BCUT2D eigenvalue weighted by Crippen LogP contribution is 2.01. The summed E-state index contributed by atoms with van der Waals surface area (Å²) in [7, 11) is 2.77. The monoisotopic (exact) mass is 145 g/mol. The van der Waals surface area contributed by atoms with Crippen molar-refractivity contribution in [2.75, 3.05) is 6.61 Å². The van der Waals surface area contributed by atoms with Gasteiger partial charge in [-0.2, -0.15) is 0 Å². The number of rotatable bonds is 0. The Balaban J connectivity index is 0.000000222. The molecule has 0 spiro atoms. The fourth-order valence-corrected chi connectivity index (χ4v) is 1.34. The molecule has 1 saturated heterocycles. The normalized spacial score (nSPS) is 18.8. The van der Waals surface area contributed by atoms with E-state index in [1.54, 1.807) is 0 Å². The molecule has 0 aromatic heterocycles. The van der Waals surface area contributed by atoms with Crippen molar-refractivity contribution < 1.29 is 9.22 Å². The van der Waals surface area contributed by atoms with E-state index in [-0.39, 0.29) is 0 Å². The molecule has 0 aliphatic carbocycles. The lowest BCUT2D eigenvalue weighted by Gasteiger charge is -2.06. The van der Waals surface area contributed by atoms with Crippen molar-refractivity contribution in [3.8, 4) is 0 Å². The Kier molecular flexibility index (Phi) is 7.68. The van der Waals surface area contributed by atoms with Crippen LogP contribution in [0, 0.1) is 0 Å². The second-order valence-corrected chi connectivity index (χ2v) is 2.53. The summed E-state index contributed by atoms with van der Waals surface area (Å²) in [6.07, 6.45) is 2.67. The fraction of sp³-hybridized carbons (Fsp3) is 1.00. The molecule has 1 N–H and O–H groups in total. The molecule has 0 amide bonds. The first-order valence-corrected chi connectivity index (χ1v) is 4.13. The third-order valence-corrected chi connectivity index (χ3v) is 1.84. The van der Waals surface area contributed by atoms with Gasteiger partial charge in [0.15, 0.2) is 0 Å². The maximum Gasteiger partial charge on any atom is 0.240 e. The van der Waals surface area contributed by atoms with E-state index in [0.29, 0.717) is 0 Å². The van der Waals surface area contributed by atoms with Crippen LogP contribution in [-0.4, -0.2) is 31.7 Å². The lowest BCUT2D eigenvalue weighted by Crippen LogP contribution is -2.06.